The summed E-state index contributed by atoms with van der Waals surface area (Å²) in [6.07, 6.45) is 1.43. The molecule has 1 N–H and O–H groups in total. The number of benzene rings is 11. The van der Waals surface area contributed by atoms with E-state index < -0.39 is 6.17 Å². The molecule has 0 saturated carbocycles. The van der Waals surface area contributed by atoms with E-state index >= 15 is 0 Å². The number of nitrogens with zero attached hydrogens (tertiary/aromatic N) is 3. The Bertz CT molecular complexity index is 4430. The van der Waals surface area contributed by atoms with Gasteiger partial charge in [-0.2, -0.15) is 0 Å². The van der Waals surface area contributed by atoms with E-state index in [1.165, 1.54) is 44.0 Å². The zero-order chi connectivity index (χ0) is 48.0. The largest absolute Gasteiger partial charge is 0.455 e. The van der Waals surface area contributed by atoms with Crippen LogP contribution in [0.3, 0.4) is 0 Å². The number of rotatable bonds is 6. The van der Waals surface area contributed by atoms with Crippen LogP contribution in [0.5, 0.6) is 0 Å². The minimum absolute atomic E-state index is 0.0832. The quantitative estimate of drug-likeness (QED) is 0.181. The van der Waals surface area contributed by atoms with Crippen LogP contribution in [-0.4, -0.2) is 16.2 Å². The maximum Gasteiger partial charge on any atom is 0.159 e. The van der Waals surface area contributed by atoms with E-state index in [9.17, 15) is 0 Å². The average Bonchev–Trinajstić information content (AvgIpc) is 3.96. The predicted octanol–water partition coefficient (Wildman–Crippen LogP) is 16.9. The van der Waals surface area contributed by atoms with Crippen LogP contribution < -0.4 is 5.32 Å². The molecule has 0 saturated heterocycles. The van der Waals surface area contributed by atoms with Crippen molar-refractivity contribution >= 4 is 77.0 Å². The number of furan rings is 1. The molecule has 11 aromatic carbocycles. The van der Waals surface area contributed by atoms with Crippen LogP contribution in [0.15, 0.2) is 251 Å². The summed E-state index contributed by atoms with van der Waals surface area (Å²) in [6, 6.07) is 85.6. The highest BCUT2D eigenvalue weighted by Gasteiger charge is 2.30. The number of para-hydroxylation sites is 2. The lowest BCUT2D eigenvalue weighted by molar-refractivity contribution is 0.666. The summed E-state index contributed by atoms with van der Waals surface area (Å²) in [7, 11) is 0. The van der Waals surface area contributed by atoms with Gasteiger partial charge in [-0.25, -0.2) is 9.98 Å². The van der Waals surface area contributed by atoms with Crippen molar-refractivity contribution in [3.8, 4) is 27.9 Å². The van der Waals surface area contributed by atoms with Crippen LogP contribution in [0.2, 0.25) is 0 Å². The van der Waals surface area contributed by atoms with Crippen LogP contribution in [0, 0.1) is 0 Å². The normalized spacial score (nSPS) is 15.6. The molecule has 2 aliphatic rings. The van der Waals surface area contributed by atoms with Crippen molar-refractivity contribution in [2.24, 2.45) is 9.98 Å². The number of nitrogens with one attached hydrogen (secondary N) is 1. The summed E-state index contributed by atoms with van der Waals surface area (Å²) >= 11 is 0. The maximum atomic E-state index is 7.16. The van der Waals surface area contributed by atoms with Crippen molar-refractivity contribution in [1.82, 2.24) is 9.88 Å². The summed E-state index contributed by atoms with van der Waals surface area (Å²) in [4.78, 5) is 11.2. The van der Waals surface area contributed by atoms with Crippen LogP contribution in [0.25, 0.3) is 93.2 Å². The first kappa shape index (κ1) is 41.5. The number of amidine groups is 2. The van der Waals surface area contributed by atoms with Crippen LogP contribution in [0.4, 0.5) is 0 Å². The van der Waals surface area contributed by atoms with Gasteiger partial charge >= 0.3 is 0 Å². The minimum atomic E-state index is -0.451. The molecule has 13 aromatic rings. The smallest absolute Gasteiger partial charge is 0.159 e. The molecule has 73 heavy (non-hydrogen) atoms. The zero-order valence-electron chi connectivity index (χ0n) is 39.8. The van der Waals surface area contributed by atoms with Gasteiger partial charge in [-0.05, 0) is 140 Å². The first-order chi connectivity index (χ1) is 36.2. The SMILES string of the molecule is c1ccc(-c2cccc(C3N=C(c4ccc5c(c4)c4ccccc4n5-c4ccccc4)N=C(c4cc(C5CCc6cc7ccccc7cc6-c6ccccc65)cc5oc6c7ccccc7ccc6c45)N3)c2)cc1. The van der Waals surface area contributed by atoms with Crippen molar-refractivity contribution < 1.29 is 4.42 Å². The molecule has 5 heteroatoms. The summed E-state index contributed by atoms with van der Waals surface area (Å²) in [5.41, 5.74) is 16.9. The number of hydrogen-bond donors (Lipinski definition) is 1. The zero-order valence-corrected chi connectivity index (χ0v) is 39.8. The van der Waals surface area contributed by atoms with Crippen molar-refractivity contribution in [1.29, 1.82) is 0 Å². The summed E-state index contributed by atoms with van der Waals surface area (Å²) in [5, 5.41) is 13.1. The molecule has 0 amide bonds. The lowest BCUT2D eigenvalue weighted by Gasteiger charge is -2.25. The Labute approximate surface area is 422 Å². The number of aliphatic imine (C=N–C) groups is 2. The molecule has 3 heterocycles. The Hall–Kier alpha value is -9.32. The molecule has 2 aromatic heterocycles. The number of hydrogen-bond acceptors (Lipinski definition) is 4. The molecule has 5 nitrogen and oxygen atoms in total. The van der Waals surface area contributed by atoms with Crippen molar-refractivity contribution in [2.75, 3.05) is 0 Å². The molecule has 0 bridgehead atoms. The van der Waals surface area contributed by atoms with Crippen LogP contribution in [-0.2, 0) is 6.42 Å². The fourth-order valence-corrected chi connectivity index (χ4v) is 12.0. The summed E-state index contributed by atoms with van der Waals surface area (Å²) in [5.74, 6) is 1.51. The standard InChI is InChI=1S/C68H46N4O/c1-3-16-42(17-4-1)44-21-15-22-48(37-44)66-69-67(49-32-35-62-59(39-49)56-28-13-14-29-61(56)72(62)51-23-5-2-6-24-51)71-68(70-66)60-40-50(41-63-64(60)57-34-30-43-18-9-10-25-53(43)65(57)73-63)52-33-31-47-36-45-19-7-8-20-46(45)38-58(47)55-27-12-11-26-54(52)55/h1-30,32,34-41,52,66H,31,33H2,(H,69,70,71). The molecular weight excluding hydrogens is 889 g/mol. The third kappa shape index (κ3) is 6.84. The Morgan fingerprint density at radius 3 is 2.07 bits per heavy atom. The molecule has 1 aliphatic heterocycles. The first-order valence-corrected chi connectivity index (χ1v) is 25.3. The van der Waals surface area contributed by atoms with Gasteiger partial charge in [0, 0.05) is 49.7 Å². The Kier molecular flexibility index (Phi) is 9.46. The lowest BCUT2D eigenvalue weighted by atomic mass is 9.84. The first-order valence-electron chi connectivity index (χ1n) is 25.3. The fourth-order valence-electron chi connectivity index (χ4n) is 12.0. The third-order valence-corrected chi connectivity index (χ3v) is 15.4. The highest BCUT2D eigenvalue weighted by atomic mass is 16.3. The summed E-state index contributed by atoms with van der Waals surface area (Å²) in [6.45, 7) is 0. The summed E-state index contributed by atoms with van der Waals surface area (Å²) < 4.78 is 9.52. The van der Waals surface area contributed by atoms with Gasteiger partial charge in [0.05, 0.1) is 11.0 Å². The predicted molar refractivity (Wildman–Crippen MR) is 302 cm³/mol. The molecule has 15 rings (SSSR count). The van der Waals surface area contributed by atoms with E-state index in [2.05, 4.69) is 246 Å². The monoisotopic (exact) mass is 934 g/mol. The van der Waals surface area contributed by atoms with Crippen molar-refractivity contribution in [2.45, 2.75) is 24.9 Å². The average molecular weight is 935 g/mol. The second kappa shape index (κ2) is 16.6. The fraction of sp³-hybridized carbons (Fsp3) is 0.0588. The van der Waals surface area contributed by atoms with Gasteiger partial charge in [0.25, 0.3) is 0 Å². The molecular formula is C68H46N4O. The Morgan fingerprint density at radius 2 is 1.19 bits per heavy atom. The van der Waals surface area contributed by atoms with Gasteiger partial charge in [-0.15, -0.1) is 0 Å². The Morgan fingerprint density at radius 1 is 0.466 bits per heavy atom. The van der Waals surface area contributed by atoms with Crippen LogP contribution >= 0.6 is 0 Å². The van der Waals surface area contributed by atoms with E-state index in [0.717, 1.165) is 101 Å². The van der Waals surface area contributed by atoms with Gasteiger partial charge in [-0.3, -0.25) is 0 Å². The molecule has 0 spiro atoms. The number of aryl methyl sites for hydroxylation is 1. The minimum Gasteiger partial charge on any atom is -0.455 e. The Balaban J connectivity index is 0.958. The lowest BCUT2D eigenvalue weighted by Crippen LogP contribution is -2.33. The second-order valence-corrected chi connectivity index (χ2v) is 19.6. The van der Waals surface area contributed by atoms with Gasteiger partial charge in [0.15, 0.2) is 5.84 Å². The van der Waals surface area contributed by atoms with Gasteiger partial charge in [0.2, 0.25) is 0 Å². The van der Waals surface area contributed by atoms with E-state index in [1.54, 1.807) is 0 Å². The van der Waals surface area contributed by atoms with E-state index in [-0.39, 0.29) is 5.92 Å². The maximum absolute atomic E-state index is 7.16. The molecule has 0 fully saturated rings. The molecule has 2 unspecified atom stereocenters. The van der Waals surface area contributed by atoms with E-state index in [4.69, 9.17) is 14.4 Å². The highest BCUT2D eigenvalue weighted by Crippen LogP contribution is 2.46. The van der Waals surface area contributed by atoms with E-state index in [1.807, 2.05) is 0 Å². The second-order valence-electron chi connectivity index (χ2n) is 19.6. The van der Waals surface area contributed by atoms with Gasteiger partial charge in [0.1, 0.15) is 23.2 Å². The molecule has 344 valence electrons. The topological polar surface area (TPSA) is 54.8 Å². The van der Waals surface area contributed by atoms with Crippen LogP contribution in [0.1, 0.15) is 51.9 Å². The molecule has 0 radical (unpaired) electrons. The van der Waals surface area contributed by atoms with E-state index in [0.29, 0.717) is 5.84 Å². The van der Waals surface area contributed by atoms with Crippen molar-refractivity contribution in [3.05, 3.63) is 270 Å². The van der Waals surface area contributed by atoms with Crippen molar-refractivity contribution in [3.63, 3.8) is 0 Å². The molecule has 1 aliphatic carbocycles. The third-order valence-electron chi connectivity index (χ3n) is 15.4. The van der Waals surface area contributed by atoms with Gasteiger partial charge in [-0.1, -0.05) is 170 Å². The number of fused-ring (bicyclic) bond motifs is 12. The number of aromatic nitrogens is 1. The highest BCUT2D eigenvalue weighted by molar-refractivity contribution is 6.25. The van der Waals surface area contributed by atoms with Gasteiger partial charge < -0.3 is 14.3 Å². The molecule has 2 atom stereocenters.